The summed E-state index contributed by atoms with van der Waals surface area (Å²) in [7, 11) is 0.00578. The lowest BCUT2D eigenvalue weighted by molar-refractivity contribution is 0.202. The normalized spacial score (nSPS) is 18.5. The second kappa shape index (κ2) is 6.43. The summed E-state index contributed by atoms with van der Waals surface area (Å²) < 4.78 is 26.5. The van der Waals surface area contributed by atoms with Gasteiger partial charge >= 0.3 is 0 Å². The number of piperidine rings is 1. The Morgan fingerprint density at radius 1 is 1.43 bits per heavy atom. The molecule has 1 aliphatic heterocycles. The average molecular weight is 316 g/mol. The summed E-state index contributed by atoms with van der Waals surface area (Å²) in [5.41, 5.74) is 0.939. The van der Waals surface area contributed by atoms with Crippen molar-refractivity contribution in [2.75, 3.05) is 33.7 Å². The van der Waals surface area contributed by atoms with E-state index < -0.39 is 10.0 Å². The van der Waals surface area contributed by atoms with E-state index in [2.05, 4.69) is 22.1 Å². The number of aliphatic hydroxyl groups excluding tert-OH is 1. The third-order valence-electron chi connectivity index (χ3n) is 4.20. The van der Waals surface area contributed by atoms with Gasteiger partial charge in [0.15, 0.2) is 5.03 Å². The van der Waals surface area contributed by atoms with Gasteiger partial charge in [-0.15, -0.1) is 0 Å². The smallest absolute Gasteiger partial charge is 0.262 e. The van der Waals surface area contributed by atoms with Gasteiger partial charge in [-0.2, -0.15) is 9.40 Å². The monoisotopic (exact) mass is 316 g/mol. The molecule has 0 atom stereocenters. The number of rotatable bonds is 5. The zero-order valence-corrected chi connectivity index (χ0v) is 13.7. The van der Waals surface area contributed by atoms with Crippen molar-refractivity contribution in [3.8, 4) is 0 Å². The van der Waals surface area contributed by atoms with Crippen molar-refractivity contribution in [3.05, 3.63) is 11.3 Å². The lowest BCUT2D eigenvalue weighted by Gasteiger charge is -2.31. The Hall–Kier alpha value is -0.960. The van der Waals surface area contributed by atoms with Crippen LogP contribution in [0.4, 0.5) is 0 Å². The molecule has 0 aromatic carbocycles. The molecule has 7 nitrogen and oxygen atoms in total. The number of aromatic nitrogens is 2. The van der Waals surface area contributed by atoms with Crippen LogP contribution in [0.5, 0.6) is 0 Å². The molecule has 0 radical (unpaired) electrons. The predicted molar refractivity (Wildman–Crippen MR) is 79.3 cm³/mol. The Morgan fingerprint density at radius 2 is 2.05 bits per heavy atom. The Bertz CT molecular complexity index is 576. The average Bonchev–Trinajstić information content (AvgIpc) is 2.82. The van der Waals surface area contributed by atoms with Crippen molar-refractivity contribution >= 4 is 10.0 Å². The number of H-pyrrole nitrogens is 1. The molecule has 0 saturated carbocycles. The molecule has 0 unspecified atom stereocenters. The second-order valence-electron chi connectivity index (χ2n) is 5.82. The van der Waals surface area contributed by atoms with E-state index in [1.165, 1.54) is 4.31 Å². The molecule has 2 N–H and O–H groups in total. The molecule has 1 fully saturated rings. The maximum atomic E-state index is 12.6. The molecule has 0 aliphatic carbocycles. The molecule has 120 valence electrons. The van der Waals surface area contributed by atoms with Gasteiger partial charge in [0.25, 0.3) is 10.0 Å². The van der Waals surface area contributed by atoms with Gasteiger partial charge in [-0.1, -0.05) is 0 Å². The minimum absolute atomic E-state index is 0.0575. The lowest BCUT2D eigenvalue weighted by atomic mass is 9.97. The van der Waals surface area contributed by atoms with E-state index in [9.17, 15) is 13.5 Å². The van der Waals surface area contributed by atoms with Gasteiger partial charge in [0, 0.05) is 24.8 Å². The third-order valence-corrected chi connectivity index (χ3v) is 6.00. The third kappa shape index (κ3) is 3.45. The van der Waals surface area contributed by atoms with Gasteiger partial charge in [0.1, 0.15) is 0 Å². The van der Waals surface area contributed by atoms with Crippen molar-refractivity contribution in [1.82, 2.24) is 19.4 Å². The minimum Gasteiger partial charge on any atom is -0.392 e. The zero-order valence-electron chi connectivity index (χ0n) is 12.8. The van der Waals surface area contributed by atoms with Crippen LogP contribution in [0, 0.1) is 12.8 Å². The molecule has 1 aromatic heterocycles. The summed E-state index contributed by atoms with van der Waals surface area (Å²) in [4.78, 5) is 2.26. The molecule has 1 aliphatic rings. The predicted octanol–water partition coefficient (Wildman–Crippen LogP) is 0.173. The van der Waals surface area contributed by atoms with Gasteiger partial charge in [0.2, 0.25) is 0 Å². The van der Waals surface area contributed by atoms with Gasteiger partial charge in [-0.25, -0.2) is 8.42 Å². The molecule has 1 aromatic rings. The minimum atomic E-state index is -3.66. The number of nitrogens with zero attached hydrogens (tertiary/aromatic N) is 3. The molecule has 2 heterocycles. The summed E-state index contributed by atoms with van der Waals surface area (Å²) >= 11 is 0. The molecule has 0 bridgehead atoms. The van der Waals surface area contributed by atoms with Crippen LogP contribution in [0.1, 0.15) is 24.1 Å². The van der Waals surface area contributed by atoms with E-state index in [0.29, 0.717) is 23.7 Å². The van der Waals surface area contributed by atoms with E-state index in [-0.39, 0.29) is 11.6 Å². The van der Waals surface area contributed by atoms with Crippen molar-refractivity contribution in [3.63, 3.8) is 0 Å². The fourth-order valence-corrected chi connectivity index (χ4v) is 4.08. The van der Waals surface area contributed by atoms with Gasteiger partial charge in [0.05, 0.1) is 6.61 Å². The van der Waals surface area contributed by atoms with Crippen LogP contribution in [0.25, 0.3) is 0 Å². The van der Waals surface area contributed by atoms with Crippen LogP contribution in [-0.2, 0) is 16.6 Å². The fourth-order valence-electron chi connectivity index (χ4n) is 2.68. The van der Waals surface area contributed by atoms with Crippen molar-refractivity contribution < 1.29 is 13.5 Å². The zero-order chi connectivity index (χ0) is 15.6. The van der Waals surface area contributed by atoms with Gasteiger partial charge in [-0.3, -0.25) is 5.10 Å². The number of hydrogen-bond acceptors (Lipinski definition) is 5. The molecule has 2 rings (SSSR count). The fraction of sp³-hybridized carbons (Fsp3) is 0.769. The van der Waals surface area contributed by atoms with Crippen LogP contribution in [0.3, 0.4) is 0 Å². The lowest BCUT2D eigenvalue weighted by Crippen LogP contribution is -2.38. The molecule has 1 saturated heterocycles. The number of sulfonamides is 1. The number of aryl methyl sites for hydroxylation is 1. The standard InChI is InChI=1S/C13H24N4O3S/c1-10-12(9-18)13(15-14-10)21(19,20)17(3)8-11-4-6-16(2)7-5-11/h11,18H,4-9H2,1-3H3,(H,14,15). The van der Waals surface area contributed by atoms with Crippen molar-refractivity contribution in [2.45, 2.75) is 31.4 Å². The summed E-state index contributed by atoms with van der Waals surface area (Å²) in [6.07, 6.45) is 2.01. The van der Waals surface area contributed by atoms with Crippen molar-refractivity contribution in [2.24, 2.45) is 5.92 Å². The molecular weight excluding hydrogens is 292 g/mol. The number of likely N-dealkylation sites (tertiary alicyclic amines) is 1. The van der Waals surface area contributed by atoms with Crippen LogP contribution in [0.15, 0.2) is 5.03 Å². The van der Waals surface area contributed by atoms with Crippen LogP contribution >= 0.6 is 0 Å². The van der Waals surface area contributed by atoms with Gasteiger partial charge < -0.3 is 10.0 Å². The highest BCUT2D eigenvalue weighted by atomic mass is 32.2. The number of hydrogen-bond donors (Lipinski definition) is 2. The first kappa shape index (κ1) is 16.4. The maximum Gasteiger partial charge on any atom is 0.262 e. The summed E-state index contributed by atoms with van der Waals surface area (Å²) in [5.74, 6) is 0.374. The van der Waals surface area contributed by atoms with E-state index in [4.69, 9.17) is 0 Å². The highest BCUT2D eigenvalue weighted by molar-refractivity contribution is 7.89. The van der Waals surface area contributed by atoms with Crippen LogP contribution in [0.2, 0.25) is 0 Å². The first-order chi connectivity index (χ1) is 9.86. The molecule has 0 spiro atoms. The Kier molecular flexibility index (Phi) is 5.03. The topological polar surface area (TPSA) is 89.5 Å². The SMILES string of the molecule is Cc1[nH]nc(S(=O)(=O)N(C)CC2CCN(C)CC2)c1CO. The molecular formula is C13H24N4O3S. The number of nitrogens with one attached hydrogen (secondary N) is 1. The van der Waals surface area contributed by atoms with Gasteiger partial charge in [-0.05, 0) is 45.8 Å². The highest BCUT2D eigenvalue weighted by Gasteiger charge is 2.30. The van der Waals surface area contributed by atoms with Crippen LogP contribution < -0.4 is 0 Å². The second-order valence-corrected chi connectivity index (χ2v) is 7.78. The van der Waals surface area contributed by atoms with Crippen molar-refractivity contribution in [1.29, 1.82) is 0 Å². The maximum absolute atomic E-state index is 12.6. The Balaban J connectivity index is 2.11. The molecule has 21 heavy (non-hydrogen) atoms. The van der Waals surface area contributed by atoms with Crippen LogP contribution in [-0.4, -0.2) is 66.7 Å². The first-order valence-electron chi connectivity index (χ1n) is 7.15. The highest BCUT2D eigenvalue weighted by Crippen LogP contribution is 2.23. The first-order valence-corrected chi connectivity index (χ1v) is 8.59. The van der Waals surface area contributed by atoms with E-state index in [1.807, 2.05) is 0 Å². The summed E-state index contributed by atoms with van der Waals surface area (Å²) in [6, 6.07) is 0. The number of aliphatic hydroxyl groups is 1. The quantitative estimate of drug-likeness (QED) is 0.808. The largest absolute Gasteiger partial charge is 0.392 e. The summed E-state index contributed by atoms with van der Waals surface area (Å²) in [5, 5.41) is 15.8. The molecule has 8 heteroatoms. The van der Waals surface area contributed by atoms with E-state index in [1.54, 1.807) is 14.0 Å². The Morgan fingerprint density at radius 3 is 2.62 bits per heavy atom. The van der Waals surface area contributed by atoms with E-state index in [0.717, 1.165) is 25.9 Å². The Labute approximate surface area is 126 Å². The molecule has 0 amide bonds. The van der Waals surface area contributed by atoms with E-state index >= 15 is 0 Å². The number of aromatic amines is 1. The summed E-state index contributed by atoms with van der Waals surface area (Å²) in [6.45, 7) is 3.87.